The molecule has 0 atom stereocenters. The molecule has 0 saturated carbocycles. The van der Waals surface area contributed by atoms with Crippen molar-refractivity contribution in [2.24, 2.45) is 0 Å². The molecule has 8 nitrogen and oxygen atoms in total. The van der Waals surface area contributed by atoms with Crippen LogP contribution in [0.4, 0.5) is 26.4 Å². The summed E-state index contributed by atoms with van der Waals surface area (Å²) in [6.07, 6.45) is 1.40. The summed E-state index contributed by atoms with van der Waals surface area (Å²) in [6, 6.07) is 11.9. The highest BCUT2D eigenvalue weighted by atomic mass is 35.5. The standard InChI is InChI=1S/C18H14ClF2NO.C5H6N6/c1-2-4-14-7-11-5-3-6-16(19)17(11)18(23)22(14)15-9-12(20)8-13(21)10-15;6-1-2-3(7)10-5(9)11-4(2)8/h3,5-10H,2,4H2,1H3;(H6,7,8,9,10,11). The number of aryl methyl sites for hydroxylation is 1. The van der Waals surface area contributed by atoms with Gasteiger partial charge in [0.2, 0.25) is 5.95 Å². The lowest BCUT2D eigenvalue weighted by molar-refractivity contribution is 0.580. The van der Waals surface area contributed by atoms with Gasteiger partial charge < -0.3 is 17.2 Å². The Bertz CT molecular complexity index is 1440. The summed E-state index contributed by atoms with van der Waals surface area (Å²) in [5.74, 6) is -1.46. The molecule has 174 valence electrons. The van der Waals surface area contributed by atoms with E-state index in [1.807, 2.05) is 13.0 Å². The Morgan fingerprint density at radius 2 is 1.68 bits per heavy atom. The zero-order chi connectivity index (χ0) is 25.0. The normalized spacial score (nSPS) is 10.4. The van der Waals surface area contributed by atoms with Crippen molar-refractivity contribution >= 4 is 40.0 Å². The van der Waals surface area contributed by atoms with Gasteiger partial charge in [0.05, 0.1) is 16.1 Å². The van der Waals surface area contributed by atoms with E-state index in [1.165, 1.54) is 4.57 Å². The molecule has 0 bridgehead atoms. The van der Waals surface area contributed by atoms with E-state index in [4.69, 9.17) is 34.1 Å². The lowest BCUT2D eigenvalue weighted by Gasteiger charge is -2.15. The summed E-state index contributed by atoms with van der Waals surface area (Å²) in [6.45, 7) is 1.98. The number of nitrogens with zero attached hydrogens (tertiary/aromatic N) is 4. The van der Waals surface area contributed by atoms with Crippen LogP contribution in [-0.2, 0) is 6.42 Å². The van der Waals surface area contributed by atoms with Gasteiger partial charge >= 0.3 is 0 Å². The molecule has 6 N–H and O–H groups in total. The number of pyridine rings is 1. The lowest BCUT2D eigenvalue weighted by atomic mass is 10.1. The highest BCUT2D eigenvalue weighted by molar-refractivity contribution is 6.35. The Morgan fingerprint density at radius 1 is 1.06 bits per heavy atom. The number of aromatic nitrogens is 3. The molecule has 0 saturated heterocycles. The van der Waals surface area contributed by atoms with Crippen molar-refractivity contribution in [3.63, 3.8) is 0 Å². The summed E-state index contributed by atoms with van der Waals surface area (Å²) in [7, 11) is 0. The van der Waals surface area contributed by atoms with Crippen LogP contribution in [0.15, 0.2) is 47.3 Å². The zero-order valence-corrected chi connectivity index (χ0v) is 18.8. The van der Waals surface area contributed by atoms with Crippen molar-refractivity contribution in [2.45, 2.75) is 19.8 Å². The third-order valence-corrected chi connectivity index (χ3v) is 5.09. The molecule has 0 aliphatic carbocycles. The fourth-order valence-corrected chi connectivity index (χ4v) is 3.66. The number of hydrogen-bond donors (Lipinski definition) is 3. The van der Waals surface area contributed by atoms with Crippen molar-refractivity contribution in [2.75, 3.05) is 17.2 Å². The third kappa shape index (κ3) is 5.05. The number of benzene rings is 2. The topological polar surface area (TPSA) is 150 Å². The summed E-state index contributed by atoms with van der Waals surface area (Å²) < 4.78 is 28.5. The monoisotopic (exact) mass is 483 g/mol. The van der Waals surface area contributed by atoms with Gasteiger partial charge in [-0.2, -0.15) is 15.2 Å². The van der Waals surface area contributed by atoms with Crippen LogP contribution in [0.5, 0.6) is 0 Å². The molecule has 34 heavy (non-hydrogen) atoms. The van der Waals surface area contributed by atoms with Gasteiger partial charge in [0, 0.05) is 11.8 Å². The van der Waals surface area contributed by atoms with Crippen LogP contribution in [0.2, 0.25) is 5.02 Å². The zero-order valence-electron chi connectivity index (χ0n) is 18.0. The third-order valence-electron chi connectivity index (χ3n) is 4.78. The number of anilines is 3. The molecule has 0 amide bonds. The quantitative estimate of drug-likeness (QED) is 0.399. The second-order valence-corrected chi connectivity index (χ2v) is 7.60. The Labute approximate surface area is 198 Å². The first kappa shape index (κ1) is 24.4. The average Bonchev–Trinajstić information content (AvgIpc) is 2.73. The van der Waals surface area contributed by atoms with Gasteiger partial charge in [0.25, 0.3) is 5.56 Å². The largest absolute Gasteiger partial charge is 0.382 e. The molecule has 0 aliphatic heterocycles. The van der Waals surface area contributed by atoms with E-state index in [0.717, 1.165) is 30.0 Å². The molecule has 0 spiro atoms. The Kier molecular flexibility index (Phi) is 7.28. The number of halogens is 3. The summed E-state index contributed by atoms with van der Waals surface area (Å²) in [5.41, 5.74) is 16.3. The van der Waals surface area contributed by atoms with E-state index in [1.54, 1.807) is 24.3 Å². The van der Waals surface area contributed by atoms with Crippen LogP contribution in [0.25, 0.3) is 16.5 Å². The van der Waals surface area contributed by atoms with Crippen molar-refractivity contribution in [3.05, 3.63) is 80.7 Å². The number of rotatable bonds is 3. The van der Waals surface area contributed by atoms with Crippen LogP contribution in [0.1, 0.15) is 24.6 Å². The minimum atomic E-state index is -0.728. The van der Waals surface area contributed by atoms with Crippen LogP contribution in [-0.4, -0.2) is 14.5 Å². The number of nitrogens with two attached hydrogens (primary N) is 3. The Morgan fingerprint density at radius 3 is 2.24 bits per heavy atom. The van der Waals surface area contributed by atoms with Crippen molar-refractivity contribution < 1.29 is 8.78 Å². The van der Waals surface area contributed by atoms with Gasteiger partial charge in [-0.3, -0.25) is 9.36 Å². The molecule has 2 aromatic carbocycles. The maximum Gasteiger partial charge on any atom is 0.264 e. The molecule has 0 unspecified atom stereocenters. The summed E-state index contributed by atoms with van der Waals surface area (Å²) >= 11 is 6.15. The Balaban J connectivity index is 0.000000248. The average molecular weight is 484 g/mol. The van der Waals surface area contributed by atoms with Gasteiger partial charge in [-0.15, -0.1) is 0 Å². The van der Waals surface area contributed by atoms with E-state index >= 15 is 0 Å². The van der Waals surface area contributed by atoms with Crippen LogP contribution in [0.3, 0.4) is 0 Å². The van der Waals surface area contributed by atoms with Crippen LogP contribution < -0.4 is 22.8 Å². The van der Waals surface area contributed by atoms with Crippen molar-refractivity contribution in [1.29, 1.82) is 5.26 Å². The maximum absolute atomic E-state index is 13.6. The van der Waals surface area contributed by atoms with Crippen LogP contribution in [0, 0.1) is 23.0 Å². The molecule has 11 heteroatoms. The Hall–Kier alpha value is -4.23. The smallest absolute Gasteiger partial charge is 0.264 e. The molecular formula is C23H20ClF2N7O. The predicted octanol–water partition coefficient (Wildman–Crippen LogP) is 3.97. The van der Waals surface area contributed by atoms with Gasteiger partial charge in [-0.25, -0.2) is 8.78 Å². The van der Waals surface area contributed by atoms with Crippen LogP contribution >= 0.6 is 11.6 Å². The first-order valence-corrected chi connectivity index (χ1v) is 10.4. The van der Waals surface area contributed by atoms with E-state index in [9.17, 15) is 13.6 Å². The highest BCUT2D eigenvalue weighted by Crippen LogP contribution is 2.24. The first-order chi connectivity index (χ1) is 16.2. The molecule has 0 radical (unpaired) electrons. The van der Waals surface area contributed by atoms with E-state index in [0.29, 0.717) is 22.5 Å². The van der Waals surface area contributed by atoms with Gasteiger partial charge in [0.15, 0.2) is 0 Å². The number of hydrogen-bond acceptors (Lipinski definition) is 7. The molecule has 2 aromatic heterocycles. The van der Waals surface area contributed by atoms with Crippen molar-refractivity contribution in [1.82, 2.24) is 14.5 Å². The molecular weight excluding hydrogens is 464 g/mol. The second kappa shape index (κ2) is 10.1. The predicted molar refractivity (Wildman–Crippen MR) is 128 cm³/mol. The SMILES string of the molecule is CCCc1cc2cccc(Cl)c2c(=O)n1-c1cc(F)cc(F)c1.N#Cc1c(N)nc(N)nc1N. The van der Waals surface area contributed by atoms with E-state index < -0.39 is 11.6 Å². The number of nitriles is 1. The molecule has 2 heterocycles. The molecule has 0 fully saturated rings. The van der Waals surface area contributed by atoms with E-state index in [-0.39, 0.29) is 34.4 Å². The molecule has 4 rings (SSSR count). The summed E-state index contributed by atoms with van der Waals surface area (Å²) in [4.78, 5) is 20.0. The second-order valence-electron chi connectivity index (χ2n) is 7.20. The number of nitrogen functional groups attached to an aromatic ring is 3. The van der Waals surface area contributed by atoms with E-state index in [2.05, 4.69) is 9.97 Å². The highest BCUT2D eigenvalue weighted by Gasteiger charge is 2.14. The maximum atomic E-state index is 13.6. The molecule has 0 aliphatic rings. The van der Waals surface area contributed by atoms with Gasteiger partial charge in [-0.1, -0.05) is 37.1 Å². The minimum Gasteiger partial charge on any atom is -0.382 e. The summed E-state index contributed by atoms with van der Waals surface area (Å²) in [5, 5.41) is 9.85. The van der Waals surface area contributed by atoms with Gasteiger partial charge in [0.1, 0.15) is 34.9 Å². The molecule has 4 aromatic rings. The fourth-order valence-electron chi connectivity index (χ4n) is 3.39. The number of fused-ring (bicyclic) bond motifs is 1. The van der Waals surface area contributed by atoms with Gasteiger partial charge in [-0.05, 0) is 36.1 Å². The minimum absolute atomic E-state index is 0.0116. The first-order valence-electron chi connectivity index (χ1n) is 10.0. The lowest BCUT2D eigenvalue weighted by Crippen LogP contribution is -2.22. The van der Waals surface area contributed by atoms with Crippen molar-refractivity contribution in [3.8, 4) is 11.8 Å². The fraction of sp³-hybridized carbons (Fsp3) is 0.130.